The molecule has 3 atom stereocenters. The first-order chi connectivity index (χ1) is 18.6. The minimum atomic E-state index is -2.59. The van der Waals surface area contributed by atoms with Crippen LogP contribution in [0.15, 0.2) is 29.1 Å². The van der Waals surface area contributed by atoms with Crippen molar-refractivity contribution >= 4 is 28.6 Å². The van der Waals surface area contributed by atoms with Gasteiger partial charge >= 0.3 is 5.69 Å². The summed E-state index contributed by atoms with van der Waals surface area (Å²) in [4.78, 5) is 26.9. The van der Waals surface area contributed by atoms with Gasteiger partial charge in [0.1, 0.15) is 17.0 Å². The molecule has 11 heteroatoms. The summed E-state index contributed by atoms with van der Waals surface area (Å²) < 4.78 is 37.4. The van der Waals surface area contributed by atoms with E-state index in [-0.39, 0.29) is 42.6 Å². The number of hydrogen-bond donors (Lipinski definition) is 0. The van der Waals surface area contributed by atoms with Crippen LogP contribution in [0.5, 0.6) is 0 Å². The average Bonchev–Trinajstić information content (AvgIpc) is 3.50. The smallest absolute Gasteiger partial charge is 0.350 e. The van der Waals surface area contributed by atoms with Crippen LogP contribution in [-0.2, 0) is 18.3 Å². The molecule has 1 saturated carbocycles. The van der Waals surface area contributed by atoms with Crippen molar-refractivity contribution in [2.24, 2.45) is 13.0 Å². The van der Waals surface area contributed by atoms with Crippen molar-refractivity contribution in [3.8, 4) is 0 Å². The molecular formula is C28H35ClF2N6O2. The molecule has 0 radical (unpaired) electrons. The quantitative estimate of drug-likeness (QED) is 0.440. The second kappa shape index (κ2) is 10.1. The Hall–Kier alpha value is -2.56. The molecule has 1 aromatic carbocycles. The lowest BCUT2D eigenvalue weighted by molar-refractivity contribution is -0.133. The first kappa shape index (κ1) is 26.7. The predicted molar refractivity (Wildman–Crippen MR) is 147 cm³/mol. The van der Waals surface area contributed by atoms with E-state index in [0.717, 1.165) is 36.5 Å². The van der Waals surface area contributed by atoms with Gasteiger partial charge in [0, 0.05) is 63.2 Å². The second-order valence-electron chi connectivity index (χ2n) is 11.4. The standard InChI is InChI=1S/C28H35ClF2N6O2/c1-17-15-35(24(20-13-28(30,31)14-20)19-6-8-21(29)9-7-19)10-11-36(17)25-23-26(34(3)27(38)33-25)37(18(2)32-23)16-22-5-4-12-39-22/h6-9,17,20,22,24H,4-5,10-16H2,1-3H3. The van der Waals surface area contributed by atoms with Gasteiger partial charge in [-0.15, -0.1) is 0 Å². The van der Waals surface area contributed by atoms with Crippen LogP contribution in [-0.4, -0.2) is 68.3 Å². The van der Waals surface area contributed by atoms with Crippen LogP contribution in [0, 0.1) is 12.8 Å². The number of alkyl halides is 2. The van der Waals surface area contributed by atoms with Gasteiger partial charge in [-0.25, -0.2) is 18.6 Å². The Labute approximate surface area is 231 Å². The number of piperazine rings is 1. The van der Waals surface area contributed by atoms with E-state index in [1.807, 2.05) is 31.2 Å². The van der Waals surface area contributed by atoms with Gasteiger partial charge in [-0.1, -0.05) is 23.7 Å². The summed E-state index contributed by atoms with van der Waals surface area (Å²) in [6.45, 7) is 7.40. The Morgan fingerprint density at radius 1 is 1.18 bits per heavy atom. The molecule has 3 fully saturated rings. The number of fused-ring (bicyclic) bond motifs is 1. The van der Waals surface area contributed by atoms with E-state index in [9.17, 15) is 13.6 Å². The van der Waals surface area contributed by atoms with Gasteiger partial charge in [-0.05, 0) is 50.3 Å². The number of ether oxygens (including phenoxy) is 1. The number of aromatic nitrogens is 4. The topological polar surface area (TPSA) is 68.4 Å². The lowest BCUT2D eigenvalue weighted by atomic mass is 9.73. The van der Waals surface area contributed by atoms with Gasteiger partial charge in [0.05, 0.1) is 12.6 Å². The molecule has 0 bridgehead atoms. The van der Waals surface area contributed by atoms with Crippen molar-refractivity contribution < 1.29 is 13.5 Å². The van der Waals surface area contributed by atoms with Gasteiger partial charge in [-0.3, -0.25) is 9.47 Å². The Morgan fingerprint density at radius 3 is 2.56 bits per heavy atom. The van der Waals surface area contributed by atoms with E-state index in [1.165, 1.54) is 0 Å². The number of rotatable bonds is 6. The molecule has 3 aromatic rings. The third-order valence-electron chi connectivity index (χ3n) is 8.66. The summed E-state index contributed by atoms with van der Waals surface area (Å²) in [6, 6.07) is 7.45. The number of anilines is 1. The van der Waals surface area contributed by atoms with Gasteiger partial charge in [0.25, 0.3) is 0 Å². The highest BCUT2D eigenvalue weighted by atomic mass is 35.5. The van der Waals surface area contributed by atoms with E-state index in [2.05, 4.69) is 26.3 Å². The molecule has 2 aromatic heterocycles. The van der Waals surface area contributed by atoms with Gasteiger partial charge in [0.2, 0.25) is 5.92 Å². The van der Waals surface area contributed by atoms with Gasteiger partial charge in [-0.2, -0.15) is 4.98 Å². The van der Waals surface area contributed by atoms with Crippen LogP contribution in [0.1, 0.15) is 50.0 Å². The maximum Gasteiger partial charge on any atom is 0.350 e. The Morgan fingerprint density at radius 2 is 1.92 bits per heavy atom. The highest BCUT2D eigenvalue weighted by Gasteiger charge is 2.50. The van der Waals surface area contributed by atoms with Crippen molar-refractivity contribution in [2.75, 3.05) is 31.1 Å². The monoisotopic (exact) mass is 560 g/mol. The SMILES string of the molecule is Cc1nc2c(N3CCN(C(c4ccc(Cl)cc4)C4CC(F)(F)C4)CC3C)nc(=O)n(C)c2n1CC1CCCO1. The predicted octanol–water partition coefficient (Wildman–Crippen LogP) is 4.57. The molecule has 0 spiro atoms. The zero-order chi connectivity index (χ0) is 27.5. The lowest BCUT2D eigenvalue weighted by Crippen LogP contribution is -2.56. The summed E-state index contributed by atoms with van der Waals surface area (Å²) in [5, 5.41) is 0.629. The largest absolute Gasteiger partial charge is 0.376 e. The lowest BCUT2D eigenvalue weighted by Gasteiger charge is -2.49. The minimum Gasteiger partial charge on any atom is -0.376 e. The fourth-order valence-corrected chi connectivity index (χ4v) is 6.81. The molecule has 2 aliphatic heterocycles. The van der Waals surface area contributed by atoms with E-state index in [0.29, 0.717) is 42.5 Å². The van der Waals surface area contributed by atoms with Crippen molar-refractivity contribution in [3.63, 3.8) is 0 Å². The molecule has 0 amide bonds. The molecule has 3 unspecified atom stereocenters. The number of hydrogen-bond acceptors (Lipinski definition) is 6. The molecular weight excluding hydrogens is 526 g/mol. The molecule has 8 nitrogen and oxygen atoms in total. The zero-order valence-corrected chi connectivity index (χ0v) is 23.4. The van der Waals surface area contributed by atoms with Crippen molar-refractivity contribution in [1.29, 1.82) is 0 Å². The molecule has 6 rings (SSSR count). The van der Waals surface area contributed by atoms with Gasteiger partial charge in [0.15, 0.2) is 5.82 Å². The third kappa shape index (κ3) is 4.95. The summed E-state index contributed by atoms with van der Waals surface area (Å²) >= 11 is 6.13. The molecule has 1 aliphatic carbocycles. The fourth-order valence-electron chi connectivity index (χ4n) is 6.69. The van der Waals surface area contributed by atoms with Crippen molar-refractivity contribution in [1.82, 2.24) is 24.0 Å². The van der Waals surface area contributed by atoms with E-state index >= 15 is 0 Å². The number of imidazole rings is 1. The number of aryl methyl sites for hydroxylation is 2. The van der Waals surface area contributed by atoms with Crippen molar-refractivity contribution in [3.05, 3.63) is 51.2 Å². The Kier molecular flexibility index (Phi) is 6.92. The van der Waals surface area contributed by atoms with Gasteiger partial charge < -0.3 is 14.2 Å². The Balaban J connectivity index is 1.29. The average molecular weight is 561 g/mol. The summed E-state index contributed by atoms with van der Waals surface area (Å²) in [5.74, 6) is -1.30. The zero-order valence-electron chi connectivity index (χ0n) is 22.6. The summed E-state index contributed by atoms with van der Waals surface area (Å²) in [6.07, 6.45) is 1.94. The highest BCUT2D eigenvalue weighted by molar-refractivity contribution is 6.30. The molecule has 210 valence electrons. The molecule has 2 saturated heterocycles. The maximum atomic E-state index is 13.9. The van der Waals surface area contributed by atoms with E-state index in [1.54, 1.807) is 11.6 Å². The molecule has 39 heavy (non-hydrogen) atoms. The molecule has 0 N–H and O–H groups in total. The number of nitrogens with zero attached hydrogens (tertiary/aromatic N) is 6. The van der Waals surface area contributed by atoms with E-state index in [4.69, 9.17) is 21.3 Å². The fraction of sp³-hybridized carbons (Fsp3) is 0.607. The van der Waals surface area contributed by atoms with Crippen LogP contribution < -0.4 is 10.6 Å². The summed E-state index contributed by atoms with van der Waals surface area (Å²) in [7, 11) is 1.74. The van der Waals surface area contributed by atoms with Crippen molar-refractivity contribution in [2.45, 2.75) is 70.2 Å². The van der Waals surface area contributed by atoms with Crippen LogP contribution in [0.25, 0.3) is 11.2 Å². The summed E-state index contributed by atoms with van der Waals surface area (Å²) in [5.41, 5.74) is 2.15. The normalized spacial score (nSPS) is 24.8. The maximum absolute atomic E-state index is 13.9. The Bertz CT molecular complexity index is 1410. The van der Waals surface area contributed by atoms with Crippen LogP contribution in [0.2, 0.25) is 5.02 Å². The number of halogens is 3. The number of benzene rings is 1. The third-order valence-corrected chi connectivity index (χ3v) is 8.92. The molecule has 3 aliphatic rings. The van der Waals surface area contributed by atoms with Crippen LogP contribution >= 0.6 is 11.6 Å². The minimum absolute atomic E-state index is 0.000523. The molecule has 4 heterocycles. The highest BCUT2D eigenvalue weighted by Crippen LogP contribution is 2.50. The van der Waals surface area contributed by atoms with E-state index < -0.39 is 5.92 Å². The van der Waals surface area contributed by atoms with Crippen LogP contribution in [0.4, 0.5) is 14.6 Å². The second-order valence-corrected chi connectivity index (χ2v) is 11.8. The first-order valence-electron chi connectivity index (χ1n) is 13.8. The first-order valence-corrected chi connectivity index (χ1v) is 14.2. The van der Waals surface area contributed by atoms with Crippen LogP contribution in [0.3, 0.4) is 0 Å².